The van der Waals surface area contributed by atoms with Crippen LogP contribution < -0.4 is 16.4 Å². The summed E-state index contributed by atoms with van der Waals surface area (Å²) in [5, 5.41) is 19.9. The zero-order valence-corrected chi connectivity index (χ0v) is 23.2. The van der Waals surface area contributed by atoms with Crippen LogP contribution in [-0.4, -0.2) is 83.7 Å². The van der Waals surface area contributed by atoms with Crippen molar-refractivity contribution >= 4 is 23.8 Å². The number of nitrogens with one attached hydrogen (secondary N) is 2. The lowest BCUT2D eigenvalue weighted by Crippen LogP contribution is -2.49. The van der Waals surface area contributed by atoms with Gasteiger partial charge in [-0.1, -0.05) is 36.8 Å². The highest BCUT2D eigenvalue weighted by Crippen LogP contribution is 2.22. The fraction of sp³-hybridized carbons (Fsp3) is 0.630. The molecule has 2 aliphatic rings. The third kappa shape index (κ3) is 15.4. The summed E-state index contributed by atoms with van der Waals surface area (Å²) < 4.78 is 48.5. The molecule has 1 amide bonds. The molecule has 1 aliphatic heterocycles. The number of hydrogen-bond acceptors (Lipinski definition) is 8. The van der Waals surface area contributed by atoms with E-state index in [1.807, 2.05) is 0 Å². The van der Waals surface area contributed by atoms with Gasteiger partial charge in [0.05, 0.1) is 12.2 Å². The van der Waals surface area contributed by atoms with Gasteiger partial charge in [0.15, 0.2) is 0 Å². The number of carboxylic acid groups (broad SMARTS) is 2. The predicted molar refractivity (Wildman–Crippen MR) is 142 cm³/mol. The van der Waals surface area contributed by atoms with Crippen LogP contribution in [0, 0.1) is 0 Å². The third-order valence-corrected chi connectivity index (χ3v) is 6.08. The molecule has 1 aliphatic carbocycles. The Morgan fingerprint density at radius 3 is 2.07 bits per heavy atom. The molecule has 3 atom stereocenters. The van der Waals surface area contributed by atoms with Gasteiger partial charge in [-0.05, 0) is 51.5 Å². The van der Waals surface area contributed by atoms with Crippen LogP contribution >= 0.6 is 0 Å². The number of amides is 1. The molecule has 3 rings (SSSR count). The second kappa shape index (κ2) is 18.3. The maximum atomic E-state index is 12.5. The summed E-state index contributed by atoms with van der Waals surface area (Å²) in [5.41, 5.74) is 6.15. The van der Waals surface area contributed by atoms with E-state index in [-0.39, 0.29) is 12.5 Å². The highest BCUT2D eigenvalue weighted by Gasteiger charge is 2.41. The number of carbonyl (C=O) groups is 4. The highest BCUT2D eigenvalue weighted by molar-refractivity contribution is 6.27. The Hall–Kier alpha value is -3.23. The van der Waals surface area contributed by atoms with Gasteiger partial charge in [-0.2, -0.15) is 13.2 Å². The molecule has 1 heterocycles. The van der Waals surface area contributed by atoms with Gasteiger partial charge >= 0.3 is 30.0 Å². The molecule has 0 spiro atoms. The minimum atomic E-state index is -5.04. The number of carboxylic acids is 2. The molecular weight excluding hydrogens is 551 g/mol. The van der Waals surface area contributed by atoms with E-state index < -0.39 is 36.0 Å². The lowest BCUT2D eigenvalue weighted by atomic mass is 9.97. The zero-order chi connectivity index (χ0) is 31.0. The average Bonchev–Trinajstić information content (AvgIpc) is 3.36. The van der Waals surface area contributed by atoms with Gasteiger partial charge in [-0.15, -0.1) is 0 Å². The van der Waals surface area contributed by atoms with Crippen molar-refractivity contribution in [2.24, 2.45) is 5.73 Å². The van der Waals surface area contributed by atoms with Crippen LogP contribution in [0.4, 0.5) is 13.2 Å². The van der Waals surface area contributed by atoms with Gasteiger partial charge in [0.2, 0.25) is 0 Å². The van der Waals surface area contributed by atoms with E-state index in [0.717, 1.165) is 38.8 Å². The molecule has 1 aromatic carbocycles. The average molecular weight is 592 g/mol. The van der Waals surface area contributed by atoms with Crippen molar-refractivity contribution in [3.05, 3.63) is 35.9 Å². The molecule has 14 heteroatoms. The Kier molecular flexibility index (Phi) is 15.9. The van der Waals surface area contributed by atoms with Crippen LogP contribution in [0.5, 0.6) is 0 Å². The second-order valence-corrected chi connectivity index (χ2v) is 9.90. The molecule has 0 bridgehead atoms. The number of ether oxygens (including phenoxy) is 2. The van der Waals surface area contributed by atoms with Gasteiger partial charge in [0.25, 0.3) is 0 Å². The van der Waals surface area contributed by atoms with Crippen LogP contribution in [0.3, 0.4) is 0 Å². The molecule has 1 saturated heterocycles. The normalized spacial score (nSPS) is 19.6. The minimum Gasteiger partial charge on any atom is -0.473 e. The zero-order valence-electron chi connectivity index (χ0n) is 23.2. The van der Waals surface area contributed by atoms with E-state index in [9.17, 15) is 22.8 Å². The van der Waals surface area contributed by atoms with Crippen LogP contribution in [0.15, 0.2) is 30.3 Å². The van der Waals surface area contributed by atoms with E-state index in [1.165, 1.54) is 0 Å². The Balaban J connectivity index is 0.000000406. The Morgan fingerprint density at radius 2 is 1.61 bits per heavy atom. The monoisotopic (exact) mass is 591 g/mol. The fourth-order valence-electron chi connectivity index (χ4n) is 4.16. The summed E-state index contributed by atoms with van der Waals surface area (Å²) in [4.78, 5) is 41.7. The summed E-state index contributed by atoms with van der Waals surface area (Å²) >= 11 is 0. The number of benzene rings is 1. The lowest BCUT2D eigenvalue weighted by Gasteiger charge is -2.25. The van der Waals surface area contributed by atoms with Gasteiger partial charge in [-0.3, -0.25) is 4.79 Å². The Labute approximate surface area is 236 Å². The van der Waals surface area contributed by atoms with Crippen molar-refractivity contribution in [3.63, 3.8) is 0 Å². The SMILES string of the molecule is CC(C)OC1CNC(CN)C1.O=C(O)C(=O)O.O=C(OC1CCCCC1)[C@H](Cc1ccccc1)NC(=O)C(F)(F)F. The van der Waals surface area contributed by atoms with Crippen molar-refractivity contribution in [2.75, 3.05) is 13.1 Å². The molecule has 0 radical (unpaired) electrons. The standard InChI is InChI=1S/C17H20F3NO3.C8H18N2O.C2H2O4/c18-17(19,20)16(23)21-14(11-12-7-3-1-4-8-12)15(22)24-13-9-5-2-6-10-13;1-6(2)11-8-3-7(4-9)10-5-8;3-1(4)2(5)6/h1,3-4,7-8,13-14H,2,5-6,9-11H2,(H,21,23);6-8,10H,3-5,9H2,1-2H3;(H,3,4)(H,5,6)/t14-;;/m0../s1. The first-order valence-corrected chi connectivity index (χ1v) is 13.4. The summed E-state index contributed by atoms with van der Waals surface area (Å²) in [6.45, 7) is 5.81. The molecule has 0 aromatic heterocycles. The van der Waals surface area contributed by atoms with Crippen LogP contribution in [-0.2, 0) is 35.1 Å². The minimum absolute atomic E-state index is 0.0474. The quantitative estimate of drug-likeness (QED) is 0.223. The lowest BCUT2D eigenvalue weighted by molar-refractivity contribution is -0.176. The van der Waals surface area contributed by atoms with Crippen molar-refractivity contribution in [1.29, 1.82) is 0 Å². The summed E-state index contributed by atoms with van der Waals surface area (Å²) in [5.74, 6) is -6.60. The van der Waals surface area contributed by atoms with Gasteiger partial charge in [0, 0.05) is 25.6 Å². The fourth-order valence-corrected chi connectivity index (χ4v) is 4.16. The van der Waals surface area contributed by atoms with Crippen molar-refractivity contribution in [1.82, 2.24) is 10.6 Å². The number of esters is 1. The Morgan fingerprint density at radius 1 is 1.02 bits per heavy atom. The molecule has 2 unspecified atom stereocenters. The molecule has 2 fully saturated rings. The first-order chi connectivity index (χ1) is 19.2. The summed E-state index contributed by atoms with van der Waals surface area (Å²) in [6.07, 6.45) is 0.726. The molecular formula is C27H40F3N3O8. The molecule has 232 valence electrons. The van der Waals surface area contributed by atoms with Gasteiger partial charge in [0.1, 0.15) is 12.1 Å². The molecule has 1 aromatic rings. The topological polar surface area (TPSA) is 177 Å². The van der Waals surface area contributed by atoms with E-state index in [0.29, 0.717) is 36.7 Å². The first-order valence-electron chi connectivity index (χ1n) is 13.4. The number of alkyl halides is 3. The Bertz CT molecular complexity index is 945. The third-order valence-electron chi connectivity index (χ3n) is 6.08. The number of rotatable bonds is 8. The molecule has 1 saturated carbocycles. The van der Waals surface area contributed by atoms with Gasteiger partial charge in [-0.25, -0.2) is 14.4 Å². The molecule has 41 heavy (non-hydrogen) atoms. The maximum absolute atomic E-state index is 12.5. The molecule has 11 nitrogen and oxygen atoms in total. The van der Waals surface area contributed by atoms with E-state index in [1.54, 1.807) is 35.6 Å². The summed E-state index contributed by atoms with van der Waals surface area (Å²) in [7, 11) is 0. The number of carbonyl (C=O) groups excluding carboxylic acids is 2. The smallest absolute Gasteiger partial charge is 0.471 e. The van der Waals surface area contributed by atoms with E-state index in [4.69, 9.17) is 35.0 Å². The maximum Gasteiger partial charge on any atom is 0.471 e. The van der Waals surface area contributed by atoms with Crippen molar-refractivity contribution in [2.45, 2.75) is 95.4 Å². The van der Waals surface area contributed by atoms with Crippen molar-refractivity contribution in [3.8, 4) is 0 Å². The van der Waals surface area contributed by atoms with Crippen LogP contribution in [0.1, 0.15) is 57.9 Å². The highest BCUT2D eigenvalue weighted by atomic mass is 19.4. The van der Waals surface area contributed by atoms with Crippen LogP contribution in [0.2, 0.25) is 0 Å². The number of hydrogen-bond donors (Lipinski definition) is 5. The molecule has 6 N–H and O–H groups in total. The number of nitrogens with two attached hydrogens (primary N) is 1. The number of aliphatic carboxylic acids is 2. The second-order valence-electron chi connectivity index (χ2n) is 9.90. The largest absolute Gasteiger partial charge is 0.473 e. The number of halogens is 3. The van der Waals surface area contributed by atoms with Gasteiger partial charge < -0.3 is 36.1 Å². The van der Waals surface area contributed by atoms with E-state index >= 15 is 0 Å². The van der Waals surface area contributed by atoms with E-state index in [2.05, 4.69) is 19.2 Å². The first kappa shape index (κ1) is 35.8. The van der Waals surface area contributed by atoms with Crippen LogP contribution in [0.25, 0.3) is 0 Å². The predicted octanol–water partition coefficient (Wildman–Crippen LogP) is 2.41. The van der Waals surface area contributed by atoms with Crippen molar-refractivity contribution < 1.29 is 52.0 Å². The summed E-state index contributed by atoms with van der Waals surface area (Å²) in [6, 6.07) is 7.66.